The molecule has 82 valence electrons. The number of nitrogens with zero attached hydrogens (tertiary/aromatic N) is 1. The number of fused-ring (bicyclic) bond motifs is 1. The summed E-state index contributed by atoms with van der Waals surface area (Å²) in [5.41, 5.74) is 5.69. The highest BCUT2D eigenvalue weighted by Gasteiger charge is 2.31. The second kappa shape index (κ2) is 3.48. The van der Waals surface area contributed by atoms with Crippen molar-refractivity contribution in [2.75, 3.05) is 0 Å². The smallest absolute Gasteiger partial charge is 0.0921 e. The van der Waals surface area contributed by atoms with Gasteiger partial charge in [-0.2, -0.15) is 0 Å². The van der Waals surface area contributed by atoms with Crippen molar-refractivity contribution >= 4 is 0 Å². The average molecular weight is 212 g/mol. The lowest BCUT2D eigenvalue weighted by molar-refractivity contribution is 0.548. The van der Waals surface area contributed by atoms with Crippen LogP contribution in [0.1, 0.15) is 35.2 Å². The second-order valence-electron chi connectivity index (χ2n) is 4.81. The number of aromatic amines is 1. The zero-order chi connectivity index (χ0) is 11.1. The molecular formula is C14H16N2. The van der Waals surface area contributed by atoms with E-state index >= 15 is 0 Å². The van der Waals surface area contributed by atoms with Gasteiger partial charge in [0.15, 0.2) is 0 Å². The summed E-state index contributed by atoms with van der Waals surface area (Å²) < 4.78 is 0. The Morgan fingerprint density at radius 2 is 2.25 bits per heavy atom. The van der Waals surface area contributed by atoms with E-state index in [1.807, 2.05) is 6.20 Å². The fourth-order valence-corrected chi connectivity index (χ4v) is 2.95. The molecule has 2 aromatic rings. The van der Waals surface area contributed by atoms with Crippen LogP contribution in [0.25, 0.3) is 0 Å². The SMILES string of the molecule is Cc1cccc2c1CC(C)C2c1cnc[nH]1. The van der Waals surface area contributed by atoms with Gasteiger partial charge in [0.1, 0.15) is 0 Å². The number of aryl methyl sites for hydroxylation is 1. The first-order chi connectivity index (χ1) is 7.77. The van der Waals surface area contributed by atoms with Gasteiger partial charge < -0.3 is 4.98 Å². The third kappa shape index (κ3) is 1.29. The summed E-state index contributed by atoms with van der Waals surface area (Å²) in [5.74, 6) is 1.16. The average Bonchev–Trinajstić information content (AvgIpc) is 2.85. The number of benzene rings is 1. The molecule has 16 heavy (non-hydrogen) atoms. The first kappa shape index (κ1) is 9.64. The topological polar surface area (TPSA) is 28.7 Å². The van der Waals surface area contributed by atoms with E-state index in [1.165, 1.54) is 28.8 Å². The summed E-state index contributed by atoms with van der Waals surface area (Å²) in [6, 6.07) is 6.63. The summed E-state index contributed by atoms with van der Waals surface area (Å²) in [4.78, 5) is 7.40. The van der Waals surface area contributed by atoms with Crippen LogP contribution in [0.4, 0.5) is 0 Å². The normalized spacial score (nSPS) is 23.4. The van der Waals surface area contributed by atoms with E-state index < -0.39 is 0 Å². The minimum Gasteiger partial charge on any atom is -0.348 e. The predicted molar refractivity (Wildman–Crippen MR) is 64.5 cm³/mol. The van der Waals surface area contributed by atoms with Crippen LogP contribution in [0.2, 0.25) is 0 Å². The van der Waals surface area contributed by atoms with E-state index in [2.05, 4.69) is 42.0 Å². The molecule has 0 bridgehead atoms. The summed E-state index contributed by atoms with van der Waals surface area (Å²) in [6.07, 6.45) is 4.92. The lowest BCUT2D eigenvalue weighted by Crippen LogP contribution is -2.05. The zero-order valence-corrected chi connectivity index (χ0v) is 9.70. The van der Waals surface area contributed by atoms with E-state index in [0.717, 1.165) is 0 Å². The van der Waals surface area contributed by atoms with Crippen molar-refractivity contribution in [1.82, 2.24) is 9.97 Å². The molecule has 1 aromatic carbocycles. The van der Waals surface area contributed by atoms with Gasteiger partial charge in [0, 0.05) is 17.8 Å². The van der Waals surface area contributed by atoms with Gasteiger partial charge in [-0.1, -0.05) is 25.1 Å². The molecule has 0 spiro atoms. The molecule has 1 N–H and O–H groups in total. The maximum absolute atomic E-state index is 4.14. The number of H-pyrrole nitrogens is 1. The quantitative estimate of drug-likeness (QED) is 0.773. The molecule has 1 aliphatic carbocycles. The molecule has 1 heterocycles. The summed E-state index contributed by atoms with van der Waals surface area (Å²) in [7, 11) is 0. The Morgan fingerprint density at radius 1 is 1.38 bits per heavy atom. The standard InChI is InChI=1S/C14H16N2/c1-9-4-3-5-11-12(9)6-10(2)14(11)13-7-15-8-16-13/h3-5,7-8,10,14H,6H2,1-2H3,(H,15,16). The second-order valence-corrected chi connectivity index (χ2v) is 4.81. The van der Waals surface area contributed by atoms with Crippen molar-refractivity contribution < 1.29 is 0 Å². The van der Waals surface area contributed by atoms with Crippen molar-refractivity contribution in [2.45, 2.75) is 26.2 Å². The summed E-state index contributed by atoms with van der Waals surface area (Å²) in [6.45, 7) is 4.53. The highest BCUT2D eigenvalue weighted by molar-refractivity contribution is 5.44. The van der Waals surface area contributed by atoms with Gasteiger partial charge in [0.25, 0.3) is 0 Å². The fourth-order valence-electron chi connectivity index (χ4n) is 2.95. The van der Waals surface area contributed by atoms with Gasteiger partial charge in [-0.15, -0.1) is 0 Å². The number of rotatable bonds is 1. The van der Waals surface area contributed by atoms with E-state index in [9.17, 15) is 0 Å². The largest absolute Gasteiger partial charge is 0.348 e. The third-order valence-electron chi connectivity index (χ3n) is 3.73. The number of aromatic nitrogens is 2. The summed E-state index contributed by atoms with van der Waals surface area (Å²) in [5, 5.41) is 0. The van der Waals surface area contributed by atoms with Crippen LogP contribution < -0.4 is 0 Å². The maximum Gasteiger partial charge on any atom is 0.0921 e. The molecule has 2 heteroatoms. The fraction of sp³-hybridized carbons (Fsp3) is 0.357. The molecule has 2 atom stereocenters. The molecule has 2 unspecified atom stereocenters. The van der Waals surface area contributed by atoms with Crippen molar-refractivity contribution in [3.05, 3.63) is 53.1 Å². The van der Waals surface area contributed by atoms with Gasteiger partial charge in [0.2, 0.25) is 0 Å². The van der Waals surface area contributed by atoms with E-state index in [-0.39, 0.29) is 0 Å². The van der Waals surface area contributed by atoms with E-state index in [4.69, 9.17) is 0 Å². The molecule has 1 aliphatic rings. The Hall–Kier alpha value is -1.57. The number of imidazole rings is 1. The van der Waals surface area contributed by atoms with Gasteiger partial charge in [-0.3, -0.25) is 0 Å². The third-order valence-corrected chi connectivity index (χ3v) is 3.73. The minimum absolute atomic E-state index is 0.498. The van der Waals surface area contributed by atoms with Crippen LogP contribution in [0, 0.1) is 12.8 Å². The first-order valence-electron chi connectivity index (χ1n) is 5.84. The van der Waals surface area contributed by atoms with E-state index in [0.29, 0.717) is 11.8 Å². The maximum atomic E-state index is 4.14. The van der Waals surface area contributed by atoms with Gasteiger partial charge in [-0.25, -0.2) is 4.98 Å². The van der Waals surface area contributed by atoms with Gasteiger partial charge in [0.05, 0.1) is 6.33 Å². The Labute approximate surface area is 95.7 Å². The zero-order valence-electron chi connectivity index (χ0n) is 9.70. The molecule has 0 saturated heterocycles. The molecule has 1 aromatic heterocycles. The Bertz CT molecular complexity index is 499. The van der Waals surface area contributed by atoms with Crippen LogP contribution in [0.3, 0.4) is 0 Å². The molecule has 0 saturated carbocycles. The molecule has 2 nitrogen and oxygen atoms in total. The van der Waals surface area contributed by atoms with Crippen molar-refractivity contribution in [1.29, 1.82) is 0 Å². The minimum atomic E-state index is 0.498. The number of hydrogen-bond acceptors (Lipinski definition) is 1. The molecule has 0 radical (unpaired) electrons. The van der Waals surface area contributed by atoms with Crippen LogP contribution in [-0.4, -0.2) is 9.97 Å². The number of nitrogens with one attached hydrogen (secondary N) is 1. The number of hydrogen-bond donors (Lipinski definition) is 1. The molecule has 0 aliphatic heterocycles. The Balaban J connectivity index is 2.13. The van der Waals surface area contributed by atoms with Gasteiger partial charge in [-0.05, 0) is 36.0 Å². The van der Waals surface area contributed by atoms with E-state index in [1.54, 1.807) is 6.33 Å². The molecule has 0 amide bonds. The Kier molecular flexibility index (Phi) is 2.10. The first-order valence-corrected chi connectivity index (χ1v) is 5.84. The van der Waals surface area contributed by atoms with Crippen LogP contribution >= 0.6 is 0 Å². The van der Waals surface area contributed by atoms with Crippen LogP contribution in [-0.2, 0) is 6.42 Å². The summed E-state index contributed by atoms with van der Waals surface area (Å²) >= 11 is 0. The molecule has 3 rings (SSSR count). The van der Waals surface area contributed by atoms with Crippen LogP contribution in [0.5, 0.6) is 0 Å². The van der Waals surface area contributed by atoms with Gasteiger partial charge >= 0.3 is 0 Å². The van der Waals surface area contributed by atoms with Crippen molar-refractivity contribution in [3.8, 4) is 0 Å². The highest BCUT2D eigenvalue weighted by atomic mass is 14.9. The van der Waals surface area contributed by atoms with Crippen molar-refractivity contribution in [2.24, 2.45) is 5.92 Å². The monoisotopic (exact) mass is 212 g/mol. The predicted octanol–water partition coefficient (Wildman–Crippen LogP) is 3.04. The lowest BCUT2D eigenvalue weighted by Gasteiger charge is -2.14. The highest BCUT2D eigenvalue weighted by Crippen LogP contribution is 2.42. The Morgan fingerprint density at radius 3 is 3.00 bits per heavy atom. The van der Waals surface area contributed by atoms with Crippen molar-refractivity contribution in [3.63, 3.8) is 0 Å². The molecular weight excluding hydrogens is 196 g/mol. The van der Waals surface area contributed by atoms with Crippen LogP contribution in [0.15, 0.2) is 30.7 Å². The lowest BCUT2D eigenvalue weighted by atomic mass is 9.91. The molecule has 0 fully saturated rings.